The molecule has 0 aromatic carbocycles. The molecule has 0 atom stereocenters. The van der Waals surface area contributed by atoms with Gasteiger partial charge >= 0.3 is 27.7 Å². The van der Waals surface area contributed by atoms with Crippen molar-refractivity contribution in [1.29, 1.82) is 0 Å². The Labute approximate surface area is 115 Å². The van der Waals surface area contributed by atoms with Crippen LogP contribution in [0.1, 0.15) is 25.7 Å². The van der Waals surface area contributed by atoms with Gasteiger partial charge in [-0.1, -0.05) is 24.3 Å². The predicted octanol–water partition coefficient (Wildman–Crippen LogP) is 4.83. The first-order chi connectivity index (χ1) is 7.41. The molecule has 6 heteroatoms. The van der Waals surface area contributed by atoms with Gasteiger partial charge in [0.25, 0.3) is 0 Å². The van der Waals surface area contributed by atoms with Crippen LogP contribution in [0.4, 0.5) is 17.3 Å². The van der Waals surface area contributed by atoms with Crippen molar-refractivity contribution in [3.63, 3.8) is 0 Å². The van der Waals surface area contributed by atoms with Gasteiger partial charge in [-0.3, -0.25) is 0 Å². The van der Waals surface area contributed by atoms with Crippen LogP contribution in [-0.2, 0) is 20.4 Å². The maximum atomic E-state index is 9.75. The van der Waals surface area contributed by atoms with E-state index >= 15 is 0 Å². The number of halogens is 4. The smallest absolute Gasteiger partial charge is 0.418 e. The zero-order valence-electron chi connectivity index (χ0n) is 9.53. The molecular weight excluding hydrogens is 325 g/mol. The van der Waals surface area contributed by atoms with E-state index in [9.17, 15) is 17.3 Å². The van der Waals surface area contributed by atoms with Crippen LogP contribution in [0.2, 0.25) is 0 Å². The van der Waals surface area contributed by atoms with E-state index in [4.69, 9.17) is 0 Å². The van der Waals surface area contributed by atoms with Crippen LogP contribution in [0.25, 0.3) is 0 Å². The molecule has 0 aliphatic heterocycles. The molecule has 0 spiro atoms. The molecule has 0 N–H and O–H groups in total. The summed E-state index contributed by atoms with van der Waals surface area (Å²) >= 11 is 0. The average molecular weight is 342 g/mol. The van der Waals surface area contributed by atoms with E-state index in [1.54, 1.807) is 0 Å². The van der Waals surface area contributed by atoms with E-state index < -0.39 is 7.25 Å². The summed E-state index contributed by atoms with van der Waals surface area (Å²) in [5.41, 5.74) is 0. The summed E-state index contributed by atoms with van der Waals surface area (Å²) in [4.78, 5) is 0. The molecule has 1 rings (SSSR count). The molecule has 101 valence electrons. The second-order valence-corrected chi connectivity index (χ2v) is 2.88. The van der Waals surface area contributed by atoms with Crippen molar-refractivity contribution < 1.29 is 37.7 Å². The minimum atomic E-state index is -6.00. The summed E-state index contributed by atoms with van der Waals surface area (Å²) in [5.74, 6) is 0. The summed E-state index contributed by atoms with van der Waals surface area (Å²) in [6.07, 6.45) is 15.5. The van der Waals surface area contributed by atoms with E-state index in [1.165, 1.54) is 32.1 Å². The van der Waals surface area contributed by atoms with Crippen LogP contribution in [0.5, 0.6) is 0 Å². The summed E-state index contributed by atoms with van der Waals surface area (Å²) in [6.45, 7) is 6.50. The summed E-state index contributed by atoms with van der Waals surface area (Å²) in [5, 5.41) is 0. The monoisotopic (exact) mass is 342 g/mol. The standard InChI is InChI=1S/C8H12.C3H5.BF4.Pd/c1-2-4-6-8-7-5-3-1;1-3-2;2-1(3,4)5;/h1-2,7-8H,3-6H2;3H,1-2H2;;/q;;-1;+2/b2-1-,8-7-;;;. The second kappa shape index (κ2) is 15.9. The Bertz CT molecular complexity index is 158. The van der Waals surface area contributed by atoms with Gasteiger partial charge in [0.2, 0.25) is 0 Å². The number of hydrogen-bond donors (Lipinski definition) is 0. The van der Waals surface area contributed by atoms with Gasteiger partial charge in [-0.2, -0.15) is 0 Å². The third kappa shape index (κ3) is 49.2. The summed E-state index contributed by atoms with van der Waals surface area (Å²) in [7, 11) is -6.00. The summed E-state index contributed by atoms with van der Waals surface area (Å²) in [6, 6.07) is 0. The van der Waals surface area contributed by atoms with Gasteiger partial charge in [0.05, 0.1) is 0 Å². The molecule has 1 aliphatic rings. The first-order valence-corrected chi connectivity index (χ1v) is 4.99. The second-order valence-electron chi connectivity index (χ2n) is 2.88. The Kier molecular flexibility index (Phi) is 20.7. The Morgan fingerprint density at radius 3 is 1.00 bits per heavy atom. The molecule has 0 saturated carbocycles. The molecule has 1 aliphatic carbocycles. The zero-order chi connectivity index (χ0) is 12.9. The molecule has 0 saturated heterocycles. The van der Waals surface area contributed by atoms with Crippen LogP contribution >= 0.6 is 0 Å². The molecule has 0 heterocycles. The van der Waals surface area contributed by atoms with Crippen molar-refractivity contribution in [1.82, 2.24) is 0 Å². The largest absolute Gasteiger partial charge is 2.00 e. The van der Waals surface area contributed by atoms with Crippen LogP contribution in [-0.4, -0.2) is 7.25 Å². The Balaban J connectivity index is -0.000000191. The molecule has 0 bridgehead atoms. The first-order valence-electron chi connectivity index (χ1n) is 4.99. The molecule has 0 fully saturated rings. The van der Waals surface area contributed by atoms with Crippen molar-refractivity contribution in [2.24, 2.45) is 0 Å². The van der Waals surface area contributed by atoms with Crippen molar-refractivity contribution in [3.05, 3.63) is 44.6 Å². The Hall–Kier alpha value is -0.0727. The molecular formula is C11H17BF4Pd+. The maximum absolute atomic E-state index is 9.75. The van der Waals surface area contributed by atoms with Crippen LogP contribution in [0.15, 0.2) is 24.3 Å². The third-order valence-electron chi connectivity index (χ3n) is 1.33. The fourth-order valence-electron chi connectivity index (χ4n) is 0.856. The summed E-state index contributed by atoms with van der Waals surface area (Å²) < 4.78 is 39.0. The number of hydrogen-bond acceptors (Lipinski definition) is 0. The van der Waals surface area contributed by atoms with E-state index in [1.807, 2.05) is 0 Å². The van der Waals surface area contributed by atoms with Crippen molar-refractivity contribution in [2.75, 3.05) is 0 Å². The molecule has 0 unspecified atom stereocenters. The normalized spacial score (nSPS) is 17.8. The molecule has 0 nitrogen and oxygen atoms in total. The zero-order valence-corrected chi connectivity index (χ0v) is 11.1. The number of rotatable bonds is 0. The maximum Gasteiger partial charge on any atom is 2.00 e. The van der Waals surface area contributed by atoms with Crippen molar-refractivity contribution >= 4 is 7.25 Å². The third-order valence-corrected chi connectivity index (χ3v) is 1.33. The Morgan fingerprint density at radius 2 is 0.882 bits per heavy atom. The first kappa shape index (κ1) is 22.1. The van der Waals surface area contributed by atoms with Crippen molar-refractivity contribution in [2.45, 2.75) is 25.7 Å². The minimum absolute atomic E-state index is 0. The van der Waals surface area contributed by atoms with Gasteiger partial charge in [-0.05, 0) is 46.0 Å². The topological polar surface area (TPSA) is 0 Å². The SMILES string of the molecule is C1=C\CC/C=C\CC/1.F[B-](F)(F)F.[CH2][CH][CH2].[Pd+2]. The average Bonchev–Trinajstić information content (AvgIpc) is 1.99. The fourth-order valence-corrected chi connectivity index (χ4v) is 0.856. The number of allylic oxidation sites excluding steroid dienone is 4. The molecule has 0 aromatic rings. The minimum Gasteiger partial charge on any atom is -0.418 e. The fraction of sp³-hybridized carbons (Fsp3) is 0.364. The molecule has 17 heavy (non-hydrogen) atoms. The van der Waals surface area contributed by atoms with Gasteiger partial charge in [0.1, 0.15) is 0 Å². The van der Waals surface area contributed by atoms with Gasteiger partial charge in [0, 0.05) is 0 Å². The molecule has 0 amide bonds. The van der Waals surface area contributed by atoms with Gasteiger partial charge in [-0.15, -0.1) is 0 Å². The van der Waals surface area contributed by atoms with Crippen LogP contribution < -0.4 is 0 Å². The van der Waals surface area contributed by atoms with Gasteiger partial charge in [0.15, 0.2) is 0 Å². The Morgan fingerprint density at radius 1 is 0.765 bits per heavy atom. The van der Waals surface area contributed by atoms with E-state index in [0.29, 0.717) is 0 Å². The predicted molar refractivity (Wildman–Crippen MR) is 61.9 cm³/mol. The van der Waals surface area contributed by atoms with Crippen LogP contribution in [0, 0.1) is 20.3 Å². The van der Waals surface area contributed by atoms with Gasteiger partial charge < -0.3 is 17.3 Å². The quantitative estimate of drug-likeness (QED) is 0.336. The van der Waals surface area contributed by atoms with E-state index in [2.05, 4.69) is 38.2 Å². The van der Waals surface area contributed by atoms with Gasteiger partial charge in [-0.25, -0.2) is 0 Å². The van der Waals surface area contributed by atoms with Crippen molar-refractivity contribution in [3.8, 4) is 0 Å². The van der Waals surface area contributed by atoms with E-state index in [0.717, 1.165) is 0 Å². The van der Waals surface area contributed by atoms with Crippen LogP contribution in [0.3, 0.4) is 0 Å². The molecule has 3 radical (unpaired) electrons. The van der Waals surface area contributed by atoms with E-state index in [-0.39, 0.29) is 20.4 Å². The molecule has 0 aromatic heterocycles.